The first-order valence-electron chi connectivity index (χ1n) is 6.56. The summed E-state index contributed by atoms with van der Waals surface area (Å²) < 4.78 is 12.4. The Morgan fingerprint density at radius 3 is 2.85 bits per heavy atom. The molecule has 1 aliphatic rings. The van der Waals surface area contributed by atoms with E-state index in [4.69, 9.17) is 9.26 Å². The number of rotatable bonds is 4. The van der Waals surface area contributed by atoms with Gasteiger partial charge in [-0.25, -0.2) is 4.68 Å². The van der Waals surface area contributed by atoms with Crippen LogP contribution in [0.4, 0.5) is 0 Å². The van der Waals surface area contributed by atoms with Crippen LogP contribution in [0.5, 0.6) is 0 Å². The Morgan fingerprint density at radius 2 is 2.15 bits per heavy atom. The fraction of sp³-hybridized carbons (Fsp3) is 0.727. The van der Waals surface area contributed by atoms with Crippen molar-refractivity contribution in [2.24, 2.45) is 0 Å². The standard InChI is InChI=1S/C11H16N6O2S/c1-7(10-12-8(2)14-19-10)20-11-13-15-16-17(11)9-3-5-18-6-4-9/h7,9H,3-6H2,1-2H3. The van der Waals surface area contributed by atoms with Gasteiger partial charge in [0, 0.05) is 13.2 Å². The summed E-state index contributed by atoms with van der Waals surface area (Å²) in [7, 11) is 0. The number of aryl methyl sites for hydroxylation is 1. The Morgan fingerprint density at radius 1 is 1.35 bits per heavy atom. The molecule has 1 fully saturated rings. The van der Waals surface area contributed by atoms with Gasteiger partial charge < -0.3 is 9.26 Å². The van der Waals surface area contributed by atoms with Crippen molar-refractivity contribution in [3.8, 4) is 0 Å². The zero-order valence-electron chi connectivity index (χ0n) is 11.4. The summed E-state index contributed by atoms with van der Waals surface area (Å²) in [6, 6.07) is 0.304. The number of thioether (sulfide) groups is 1. The largest absolute Gasteiger partial charge is 0.381 e. The Balaban J connectivity index is 1.72. The summed E-state index contributed by atoms with van der Waals surface area (Å²) in [5.41, 5.74) is 0. The maximum atomic E-state index is 5.37. The summed E-state index contributed by atoms with van der Waals surface area (Å²) in [6.07, 6.45) is 1.87. The predicted octanol–water partition coefficient (Wildman–Crippen LogP) is 1.57. The molecule has 20 heavy (non-hydrogen) atoms. The minimum absolute atomic E-state index is 0.0146. The molecule has 0 saturated carbocycles. The molecule has 1 aliphatic heterocycles. The van der Waals surface area contributed by atoms with E-state index in [9.17, 15) is 0 Å². The van der Waals surface area contributed by atoms with Crippen molar-refractivity contribution < 1.29 is 9.26 Å². The molecule has 0 aromatic carbocycles. The van der Waals surface area contributed by atoms with Gasteiger partial charge in [-0.15, -0.1) is 5.10 Å². The van der Waals surface area contributed by atoms with Crippen LogP contribution in [0.25, 0.3) is 0 Å². The van der Waals surface area contributed by atoms with Crippen LogP contribution in [0.3, 0.4) is 0 Å². The van der Waals surface area contributed by atoms with E-state index in [0.717, 1.165) is 31.2 Å². The summed E-state index contributed by atoms with van der Waals surface area (Å²) >= 11 is 1.53. The van der Waals surface area contributed by atoms with Gasteiger partial charge in [-0.2, -0.15) is 4.98 Å². The molecule has 0 bridgehead atoms. The number of hydrogen-bond acceptors (Lipinski definition) is 8. The minimum Gasteiger partial charge on any atom is -0.381 e. The van der Waals surface area contributed by atoms with E-state index in [0.29, 0.717) is 17.8 Å². The zero-order valence-corrected chi connectivity index (χ0v) is 12.2. The monoisotopic (exact) mass is 296 g/mol. The second-order valence-corrected chi connectivity index (χ2v) is 6.00. The fourth-order valence-electron chi connectivity index (χ4n) is 2.11. The first kappa shape index (κ1) is 13.5. The van der Waals surface area contributed by atoms with E-state index in [2.05, 4.69) is 25.7 Å². The van der Waals surface area contributed by atoms with Gasteiger partial charge in [-0.1, -0.05) is 16.9 Å². The van der Waals surface area contributed by atoms with E-state index < -0.39 is 0 Å². The third-order valence-electron chi connectivity index (χ3n) is 3.17. The van der Waals surface area contributed by atoms with Crippen LogP contribution in [-0.4, -0.2) is 43.6 Å². The molecule has 9 heteroatoms. The lowest BCUT2D eigenvalue weighted by Gasteiger charge is -2.22. The topological polar surface area (TPSA) is 91.8 Å². The second kappa shape index (κ2) is 5.88. The molecular formula is C11H16N6O2S. The third kappa shape index (κ3) is 2.83. The van der Waals surface area contributed by atoms with Crippen LogP contribution in [0.2, 0.25) is 0 Å². The minimum atomic E-state index is 0.0146. The van der Waals surface area contributed by atoms with Gasteiger partial charge in [-0.05, 0) is 37.1 Å². The lowest BCUT2D eigenvalue weighted by molar-refractivity contribution is 0.0631. The van der Waals surface area contributed by atoms with Crippen molar-refractivity contribution in [3.63, 3.8) is 0 Å². The molecule has 1 saturated heterocycles. The molecule has 0 spiro atoms. The first-order chi connectivity index (χ1) is 9.74. The summed E-state index contributed by atoms with van der Waals surface area (Å²) in [6.45, 7) is 5.32. The smallest absolute Gasteiger partial charge is 0.239 e. The van der Waals surface area contributed by atoms with Gasteiger partial charge in [0.05, 0.1) is 11.3 Å². The molecule has 108 valence electrons. The van der Waals surface area contributed by atoms with E-state index >= 15 is 0 Å². The van der Waals surface area contributed by atoms with Crippen molar-refractivity contribution in [2.45, 2.75) is 43.1 Å². The van der Waals surface area contributed by atoms with Crippen molar-refractivity contribution in [3.05, 3.63) is 11.7 Å². The van der Waals surface area contributed by atoms with E-state index in [1.165, 1.54) is 11.8 Å². The molecule has 0 aliphatic carbocycles. The lowest BCUT2D eigenvalue weighted by atomic mass is 10.1. The number of ether oxygens (including phenoxy) is 1. The van der Waals surface area contributed by atoms with Crippen LogP contribution >= 0.6 is 11.8 Å². The van der Waals surface area contributed by atoms with Crippen molar-refractivity contribution in [1.82, 2.24) is 30.3 Å². The summed E-state index contributed by atoms with van der Waals surface area (Å²) in [5.74, 6) is 1.23. The molecule has 8 nitrogen and oxygen atoms in total. The van der Waals surface area contributed by atoms with Gasteiger partial charge in [0.2, 0.25) is 11.0 Å². The Labute approximate surface area is 120 Å². The molecule has 3 rings (SSSR count). The fourth-order valence-corrected chi connectivity index (χ4v) is 3.00. The molecule has 1 unspecified atom stereocenters. The number of hydrogen-bond donors (Lipinski definition) is 0. The maximum Gasteiger partial charge on any atom is 0.239 e. The van der Waals surface area contributed by atoms with Gasteiger partial charge in [0.25, 0.3) is 0 Å². The number of nitrogens with zero attached hydrogens (tertiary/aromatic N) is 6. The zero-order chi connectivity index (χ0) is 13.9. The molecule has 0 N–H and O–H groups in total. The van der Waals surface area contributed by atoms with E-state index in [1.807, 2.05) is 11.6 Å². The van der Waals surface area contributed by atoms with Gasteiger partial charge in [-0.3, -0.25) is 0 Å². The van der Waals surface area contributed by atoms with Crippen LogP contribution in [0, 0.1) is 6.92 Å². The highest BCUT2D eigenvalue weighted by Gasteiger charge is 2.23. The average molecular weight is 296 g/mol. The summed E-state index contributed by atoms with van der Waals surface area (Å²) in [4.78, 5) is 4.24. The average Bonchev–Trinajstić information content (AvgIpc) is 3.09. The lowest BCUT2D eigenvalue weighted by Crippen LogP contribution is -2.21. The summed E-state index contributed by atoms with van der Waals surface area (Å²) in [5, 5.41) is 16.6. The normalized spacial score (nSPS) is 18.3. The van der Waals surface area contributed by atoms with E-state index in [1.54, 1.807) is 6.92 Å². The SMILES string of the molecule is Cc1noc(C(C)Sc2nnnn2C2CCOCC2)n1. The molecule has 0 radical (unpaired) electrons. The van der Waals surface area contributed by atoms with E-state index in [-0.39, 0.29) is 5.25 Å². The maximum absolute atomic E-state index is 5.37. The molecular weight excluding hydrogens is 280 g/mol. The van der Waals surface area contributed by atoms with Gasteiger partial charge in [0.1, 0.15) is 0 Å². The Hall–Kier alpha value is -1.48. The number of aromatic nitrogens is 6. The predicted molar refractivity (Wildman–Crippen MR) is 70.2 cm³/mol. The molecule has 3 heterocycles. The van der Waals surface area contributed by atoms with Gasteiger partial charge >= 0.3 is 0 Å². The van der Waals surface area contributed by atoms with Crippen molar-refractivity contribution >= 4 is 11.8 Å². The van der Waals surface area contributed by atoms with Crippen molar-refractivity contribution in [1.29, 1.82) is 0 Å². The quantitative estimate of drug-likeness (QED) is 0.785. The van der Waals surface area contributed by atoms with Gasteiger partial charge in [0.15, 0.2) is 5.82 Å². The molecule has 1 atom stereocenters. The van der Waals surface area contributed by atoms with Crippen LogP contribution in [0.1, 0.15) is 42.8 Å². The number of tetrazole rings is 1. The highest BCUT2D eigenvalue weighted by molar-refractivity contribution is 7.99. The van der Waals surface area contributed by atoms with Crippen LogP contribution in [-0.2, 0) is 4.74 Å². The Kier molecular flexibility index (Phi) is 3.97. The highest BCUT2D eigenvalue weighted by Crippen LogP contribution is 2.34. The van der Waals surface area contributed by atoms with Crippen LogP contribution in [0.15, 0.2) is 9.68 Å². The van der Waals surface area contributed by atoms with Crippen molar-refractivity contribution in [2.75, 3.05) is 13.2 Å². The second-order valence-electron chi connectivity index (χ2n) is 4.69. The first-order valence-corrected chi connectivity index (χ1v) is 7.44. The van der Waals surface area contributed by atoms with Crippen LogP contribution < -0.4 is 0 Å². The molecule has 0 amide bonds. The molecule has 2 aromatic heterocycles. The Bertz CT molecular complexity index is 565. The molecule has 2 aromatic rings. The highest BCUT2D eigenvalue weighted by atomic mass is 32.2. The third-order valence-corrected chi connectivity index (χ3v) is 4.21.